The summed E-state index contributed by atoms with van der Waals surface area (Å²) in [6.07, 6.45) is 1.29. The summed E-state index contributed by atoms with van der Waals surface area (Å²) in [6.45, 7) is 0.184. The minimum atomic E-state index is 0.184. The molecule has 0 saturated heterocycles. The summed E-state index contributed by atoms with van der Waals surface area (Å²) in [5.41, 5.74) is 1.67. The van der Waals surface area contributed by atoms with Gasteiger partial charge >= 0.3 is 0 Å². The first-order valence-corrected chi connectivity index (χ1v) is 8.15. The van der Waals surface area contributed by atoms with Crippen molar-refractivity contribution in [2.75, 3.05) is 0 Å². The molecule has 0 N–H and O–H groups in total. The second-order valence-corrected chi connectivity index (χ2v) is 5.98. The number of hydrogen-bond donors (Lipinski definition) is 0. The van der Waals surface area contributed by atoms with Crippen molar-refractivity contribution in [1.82, 2.24) is 20.4 Å². The average Bonchev–Trinajstić information content (AvgIpc) is 3.33. The van der Waals surface area contributed by atoms with Crippen LogP contribution in [0, 0.1) is 0 Å². The van der Waals surface area contributed by atoms with Crippen molar-refractivity contribution in [3.8, 4) is 28.7 Å². The van der Waals surface area contributed by atoms with E-state index in [1.54, 1.807) is 0 Å². The molecular weight excluding hydrogens is 388 g/mol. The highest BCUT2D eigenvalue weighted by Crippen LogP contribution is 2.23. The van der Waals surface area contributed by atoms with Gasteiger partial charge in [-0.05, 0) is 48.5 Å². The lowest BCUT2D eigenvalue weighted by Gasteiger charge is -2.03. The van der Waals surface area contributed by atoms with Crippen LogP contribution in [-0.2, 0) is 6.61 Å². The van der Waals surface area contributed by atoms with Crippen LogP contribution in [-0.4, -0.2) is 20.4 Å². The maximum atomic E-state index is 5.66. The molecule has 0 aliphatic carbocycles. The van der Waals surface area contributed by atoms with Crippen LogP contribution < -0.4 is 4.74 Å². The summed E-state index contributed by atoms with van der Waals surface area (Å²) < 4.78 is 17.4. The van der Waals surface area contributed by atoms with Crippen molar-refractivity contribution >= 4 is 15.9 Å². The summed E-state index contributed by atoms with van der Waals surface area (Å²) in [6, 6.07) is 14.9. The van der Waals surface area contributed by atoms with Gasteiger partial charge in [-0.3, -0.25) is 0 Å². The van der Waals surface area contributed by atoms with Gasteiger partial charge in [0.25, 0.3) is 5.89 Å². The Hall–Kier alpha value is -3.00. The Bertz CT molecular complexity index is 950. The molecule has 0 bridgehead atoms. The van der Waals surface area contributed by atoms with E-state index < -0.39 is 0 Å². The zero-order valence-electron chi connectivity index (χ0n) is 12.8. The summed E-state index contributed by atoms with van der Waals surface area (Å²) in [4.78, 5) is 0. The van der Waals surface area contributed by atoms with Gasteiger partial charge in [0.1, 0.15) is 5.75 Å². The fourth-order valence-corrected chi connectivity index (χ4v) is 2.42. The molecular formula is C17H11BrN4O3. The van der Waals surface area contributed by atoms with Gasteiger partial charge in [0.15, 0.2) is 6.61 Å². The molecule has 0 atom stereocenters. The summed E-state index contributed by atoms with van der Waals surface area (Å²) in [5, 5.41) is 15.5. The Morgan fingerprint density at radius 3 is 2.28 bits per heavy atom. The standard InChI is InChI=1S/C17H11BrN4O3/c18-13-5-1-12(2-6-13)17-22-20-15(25-17)9-23-14-7-3-11(4-8-14)16-21-19-10-24-16/h1-8,10H,9H2. The molecule has 25 heavy (non-hydrogen) atoms. The summed E-state index contributed by atoms with van der Waals surface area (Å²) >= 11 is 3.39. The van der Waals surface area contributed by atoms with E-state index in [9.17, 15) is 0 Å². The molecule has 2 aromatic carbocycles. The van der Waals surface area contributed by atoms with Gasteiger partial charge in [-0.1, -0.05) is 15.9 Å². The number of ether oxygens (including phenoxy) is 1. The van der Waals surface area contributed by atoms with E-state index in [2.05, 4.69) is 36.3 Å². The highest BCUT2D eigenvalue weighted by Gasteiger charge is 2.09. The van der Waals surface area contributed by atoms with Crippen LogP contribution in [0.5, 0.6) is 5.75 Å². The van der Waals surface area contributed by atoms with Gasteiger partial charge in [0.05, 0.1) is 0 Å². The lowest BCUT2D eigenvalue weighted by molar-refractivity contribution is 0.264. The first-order valence-electron chi connectivity index (χ1n) is 7.36. The molecule has 0 saturated carbocycles. The predicted molar refractivity (Wildman–Crippen MR) is 91.5 cm³/mol. The van der Waals surface area contributed by atoms with Crippen LogP contribution in [0.15, 0.2) is 68.2 Å². The molecule has 0 aliphatic rings. The Morgan fingerprint density at radius 1 is 0.840 bits per heavy atom. The first kappa shape index (κ1) is 15.5. The van der Waals surface area contributed by atoms with Gasteiger partial charge in [-0.25, -0.2) is 0 Å². The van der Waals surface area contributed by atoms with E-state index in [1.807, 2.05) is 48.5 Å². The summed E-state index contributed by atoms with van der Waals surface area (Å²) in [5.74, 6) is 1.99. The van der Waals surface area contributed by atoms with E-state index in [0.29, 0.717) is 23.4 Å². The highest BCUT2D eigenvalue weighted by molar-refractivity contribution is 9.10. The maximum Gasteiger partial charge on any atom is 0.254 e. The molecule has 8 heteroatoms. The minimum Gasteiger partial charge on any atom is -0.484 e. The Balaban J connectivity index is 1.41. The third-order valence-electron chi connectivity index (χ3n) is 3.38. The molecule has 4 rings (SSSR count). The number of aromatic nitrogens is 4. The molecule has 0 unspecified atom stereocenters. The van der Waals surface area contributed by atoms with Crippen LogP contribution in [0.3, 0.4) is 0 Å². The lowest BCUT2D eigenvalue weighted by Crippen LogP contribution is -1.95. The Labute approximate surface area is 150 Å². The fourth-order valence-electron chi connectivity index (χ4n) is 2.16. The molecule has 0 fully saturated rings. The van der Waals surface area contributed by atoms with E-state index in [0.717, 1.165) is 15.6 Å². The molecule has 4 aromatic rings. The number of benzene rings is 2. The van der Waals surface area contributed by atoms with Gasteiger partial charge < -0.3 is 13.6 Å². The van der Waals surface area contributed by atoms with Gasteiger partial charge in [-0.15, -0.1) is 20.4 Å². The molecule has 124 valence electrons. The molecule has 7 nitrogen and oxygen atoms in total. The number of rotatable bonds is 5. The van der Waals surface area contributed by atoms with Crippen molar-refractivity contribution < 1.29 is 13.6 Å². The van der Waals surface area contributed by atoms with Gasteiger partial charge in [0, 0.05) is 15.6 Å². The number of halogens is 1. The quantitative estimate of drug-likeness (QED) is 0.499. The van der Waals surface area contributed by atoms with Crippen LogP contribution in [0.4, 0.5) is 0 Å². The smallest absolute Gasteiger partial charge is 0.254 e. The molecule has 0 radical (unpaired) electrons. The third-order valence-corrected chi connectivity index (χ3v) is 3.91. The second kappa shape index (κ2) is 6.86. The zero-order chi connectivity index (χ0) is 17.1. The van der Waals surface area contributed by atoms with Crippen molar-refractivity contribution in [2.24, 2.45) is 0 Å². The van der Waals surface area contributed by atoms with Gasteiger partial charge in [-0.2, -0.15) is 0 Å². The average molecular weight is 399 g/mol. The molecule has 0 spiro atoms. The zero-order valence-corrected chi connectivity index (χ0v) is 14.4. The predicted octanol–water partition coefficient (Wildman–Crippen LogP) is 4.13. The fraction of sp³-hybridized carbons (Fsp3) is 0.0588. The molecule has 0 amide bonds. The second-order valence-electron chi connectivity index (χ2n) is 5.06. The van der Waals surface area contributed by atoms with Crippen molar-refractivity contribution in [1.29, 1.82) is 0 Å². The maximum absolute atomic E-state index is 5.66. The van der Waals surface area contributed by atoms with Gasteiger partial charge in [0.2, 0.25) is 18.2 Å². The lowest BCUT2D eigenvalue weighted by atomic mass is 10.2. The first-order chi connectivity index (χ1) is 12.3. The molecule has 0 aliphatic heterocycles. The molecule has 2 heterocycles. The summed E-state index contributed by atoms with van der Waals surface area (Å²) in [7, 11) is 0. The number of hydrogen-bond acceptors (Lipinski definition) is 7. The van der Waals surface area contributed by atoms with E-state index >= 15 is 0 Å². The number of nitrogens with zero attached hydrogens (tertiary/aromatic N) is 4. The van der Waals surface area contributed by atoms with Crippen LogP contribution in [0.25, 0.3) is 22.9 Å². The van der Waals surface area contributed by atoms with E-state index in [1.165, 1.54) is 6.39 Å². The monoisotopic (exact) mass is 398 g/mol. The van der Waals surface area contributed by atoms with Crippen LogP contribution in [0.1, 0.15) is 5.89 Å². The van der Waals surface area contributed by atoms with E-state index in [4.69, 9.17) is 13.6 Å². The van der Waals surface area contributed by atoms with Crippen LogP contribution >= 0.6 is 15.9 Å². The highest BCUT2D eigenvalue weighted by atomic mass is 79.9. The minimum absolute atomic E-state index is 0.184. The van der Waals surface area contributed by atoms with Crippen molar-refractivity contribution in [3.05, 3.63) is 65.3 Å². The normalized spacial score (nSPS) is 10.8. The Kier molecular flexibility index (Phi) is 4.26. The van der Waals surface area contributed by atoms with Crippen molar-refractivity contribution in [3.63, 3.8) is 0 Å². The topological polar surface area (TPSA) is 87.1 Å². The molecule has 2 aromatic heterocycles. The van der Waals surface area contributed by atoms with Crippen molar-refractivity contribution in [2.45, 2.75) is 6.61 Å². The van der Waals surface area contributed by atoms with E-state index in [-0.39, 0.29) is 6.61 Å². The Morgan fingerprint density at radius 2 is 1.56 bits per heavy atom. The largest absolute Gasteiger partial charge is 0.484 e. The van der Waals surface area contributed by atoms with Crippen LogP contribution in [0.2, 0.25) is 0 Å². The third kappa shape index (κ3) is 3.58. The SMILES string of the molecule is Brc1ccc(-c2nnc(COc3ccc(-c4nnco4)cc3)o2)cc1.